The van der Waals surface area contributed by atoms with Gasteiger partial charge in [-0.1, -0.05) is 6.92 Å². The lowest BCUT2D eigenvalue weighted by molar-refractivity contribution is 0.0980. The molecule has 3 nitrogen and oxygen atoms in total. The highest BCUT2D eigenvalue weighted by molar-refractivity contribution is 5.96. The molecule has 0 atom stereocenters. The van der Waals surface area contributed by atoms with Crippen molar-refractivity contribution in [2.75, 3.05) is 13.2 Å². The Balaban J connectivity index is 2.53. The van der Waals surface area contributed by atoms with E-state index in [1.165, 1.54) is 0 Å². The minimum absolute atomic E-state index is 0.146. The second kappa shape index (κ2) is 7.01. The molecule has 1 rings (SSSR count). The van der Waals surface area contributed by atoms with Crippen LogP contribution in [0.1, 0.15) is 36.5 Å². The average Bonchev–Trinajstić information content (AvgIpc) is 2.34. The Kier molecular flexibility index (Phi) is 5.57. The molecule has 0 bridgehead atoms. The second-order valence-electron chi connectivity index (χ2n) is 3.69. The fraction of sp³-hybridized carbons (Fsp3) is 0.462. The molecule has 0 heterocycles. The van der Waals surface area contributed by atoms with Crippen LogP contribution in [-0.4, -0.2) is 18.9 Å². The van der Waals surface area contributed by atoms with Gasteiger partial charge in [0, 0.05) is 12.0 Å². The largest absolute Gasteiger partial charge is 0.494 e. The van der Waals surface area contributed by atoms with E-state index >= 15 is 0 Å². The minimum atomic E-state index is 0.146. The van der Waals surface area contributed by atoms with Crippen LogP contribution in [0.4, 0.5) is 0 Å². The smallest absolute Gasteiger partial charge is 0.162 e. The summed E-state index contributed by atoms with van der Waals surface area (Å²) < 4.78 is 5.44. The molecule has 0 radical (unpaired) electrons. The number of benzene rings is 1. The monoisotopic (exact) mass is 221 g/mol. The molecule has 0 aromatic heterocycles. The first kappa shape index (κ1) is 12.7. The Bertz CT molecular complexity index is 319. The Morgan fingerprint density at radius 3 is 2.56 bits per heavy atom. The molecular weight excluding hydrogens is 202 g/mol. The summed E-state index contributed by atoms with van der Waals surface area (Å²) >= 11 is 0. The molecule has 0 aliphatic rings. The molecule has 0 saturated carbocycles. The Labute approximate surface area is 96.6 Å². The molecule has 16 heavy (non-hydrogen) atoms. The molecule has 2 N–H and O–H groups in total. The van der Waals surface area contributed by atoms with Crippen LogP contribution in [-0.2, 0) is 0 Å². The van der Waals surface area contributed by atoms with Gasteiger partial charge in [0.05, 0.1) is 6.61 Å². The fourth-order valence-corrected chi connectivity index (χ4v) is 1.36. The lowest BCUT2D eigenvalue weighted by Crippen LogP contribution is -2.05. The van der Waals surface area contributed by atoms with E-state index in [0.717, 1.165) is 24.2 Å². The summed E-state index contributed by atoms with van der Waals surface area (Å²) in [5, 5.41) is 0. The van der Waals surface area contributed by atoms with E-state index in [1.54, 1.807) is 0 Å². The zero-order valence-corrected chi connectivity index (χ0v) is 9.74. The van der Waals surface area contributed by atoms with Crippen LogP contribution in [0.25, 0.3) is 0 Å². The van der Waals surface area contributed by atoms with Crippen LogP contribution in [0.15, 0.2) is 24.3 Å². The normalized spacial score (nSPS) is 10.1. The molecule has 88 valence electrons. The first-order chi connectivity index (χ1) is 7.77. The van der Waals surface area contributed by atoms with Gasteiger partial charge in [0.15, 0.2) is 5.78 Å². The van der Waals surface area contributed by atoms with Crippen LogP contribution in [0.2, 0.25) is 0 Å². The van der Waals surface area contributed by atoms with Crippen molar-refractivity contribution in [3.63, 3.8) is 0 Å². The minimum Gasteiger partial charge on any atom is -0.494 e. The number of hydrogen-bond acceptors (Lipinski definition) is 3. The van der Waals surface area contributed by atoms with Gasteiger partial charge in [-0.3, -0.25) is 4.79 Å². The third-order valence-corrected chi connectivity index (χ3v) is 2.26. The molecule has 3 heteroatoms. The standard InChI is InChI=1S/C13H19NO2/c1-2-10-16-12-7-5-11(6-8-12)13(15)4-3-9-14/h5-8H,2-4,9-10,14H2,1H3. The molecule has 1 aromatic rings. The summed E-state index contributed by atoms with van der Waals surface area (Å²) in [5.41, 5.74) is 6.10. The number of rotatable bonds is 7. The van der Waals surface area contributed by atoms with E-state index in [0.29, 0.717) is 19.6 Å². The van der Waals surface area contributed by atoms with E-state index in [2.05, 4.69) is 6.92 Å². The summed E-state index contributed by atoms with van der Waals surface area (Å²) in [6.07, 6.45) is 2.25. The van der Waals surface area contributed by atoms with Crippen LogP contribution in [0.3, 0.4) is 0 Å². The summed E-state index contributed by atoms with van der Waals surface area (Å²) in [7, 11) is 0. The van der Waals surface area contributed by atoms with E-state index in [1.807, 2.05) is 24.3 Å². The van der Waals surface area contributed by atoms with Crippen LogP contribution in [0, 0.1) is 0 Å². The molecule has 0 amide bonds. The van der Waals surface area contributed by atoms with Crippen molar-refractivity contribution < 1.29 is 9.53 Å². The maximum atomic E-state index is 11.6. The van der Waals surface area contributed by atoms with E-state index < -0.39 is 0 Å². The van der Waals surface area contributed by atoms with Crippen molar-refractivity contribution in [2.24, 2.45) is 5.73 Å². The number of nitrogens with two attached hydrogens (primary N) is 1. The second-order valence-corrected chi connectivity index (χ2v) is 3.69. The molecular formula is C13H19NO2. The van der Waals surface area contributed by atoms with Crippen molar-refractivity contribution in [3.8, 4) is 5.75 Å². The van der Waals surface area contributed by atoms with E-state index in [4.69, 9.17) is 10.5 Å². The summed E-state index contributed by atoms with van der Waals surface area (Å²) in [4.78, 5) is 11.6. The molecule has 0 saturated heterocycles. The van der Waals surface area contributed by atoms with Gasteiger partial charge >= 0.3 is 0 Å². The quantitative estimate of drug-likeness (QED) is 0.719. The molecule has 1 aromatic carbocycles. The predicted molar refractivity (Wildman–Crippen MR) is 64.8 cm³/mol. The first-order valence-corrected chi connectivity index (χ1v) is 5.74. The van der Waals surface area contributed by atoms with Crippen LogP contribution in [0.5, 0.6) is 5.75 Å². The Hall–Kier alpha value is -1.35. The van der Waals surface area contributed by atoms with Gasteiger partial charge < -0.3 is 10.5 Å². The molecule has 0 fully saturated rings. The number of ether oxygens (including phenoxy) is 1. The number of ketones is 1. The van der Waals surface area contributed by atoms with Crippen LogP contribution < -0.4 is 10.5 Å². The Morgan fingerprint density at radius 2 is 2.00 bits per heavy atom. The predicted octanol–water partition coefficient (Wildman–Crippen LogP) is 2.40. The SMILES string of the molecule is CCCOc1ccc(C(=O)CCCN)cc1. The molecule has 0 aliphatic carbocycles. The third kappa shape index (κ3) is 4.03. The summed E-state index contributed by atoms with van der Waals surface area (Å²) in [6, 6.07) is 7.30. The first-order valence-electron chi connectivity index (χ1n) is 5.74. The average molecular weight is 221 g/mol. The van der Waals surface area contributed by atoms with E-state index in [9.17, 15) is 4.79 Å². The zero-order chi connectivity index (χ0) is 11.8. The lowest BCUT2D eigenvalue weighted by atomic mass is 10.1. The molecule has 0 spiro atoms. The maximum Gasteiger partial charge on any atom is 0.162 e. The topological polar surface area (TPSA) is 52.3 Å². The Morgan fingerprint density at radius 1 is 1.31 bits per heavy atom. The van der Waals surface area contributed by atoms with Gasteiger partial charge in [0.25, 0.3) is 0 Å². The van der Waals surface area contributed by atoms with Gasteiger partial charge in [0.1, 0.15) is 5.75 Å². The van der Waals surface area contributed by atoms with Crippen molar-refractivity contribution in [3.05, 3.63) is 29.8 Å². The fourth-order valence-electron chi connectivity index (χ4n) is 1.36. The van der Waals surface area contributed by atoms with Gasteiger partial charge in [-0.25, -0.2) is 0 Å². The summed E-state index contributed by atoms with van der Waals surface area (Å²) in [5.74, 6) is 0.963. The van der Waals surface area contributed by atoms with Gasteiger partial charge in [-0.2, -0.15) is 0 Å². The number of carbonyl (C=O) groups is 1. The van der Waals surface area contributed by atoms with Crippen molar-refractivity contribution in [1.82, 2.24) is 0 Å². The summed E-state index contributed by atoms with van der Waals surface area (Å²) in [6.45, 7) is 3.33. The van der Waals surface area contributed by atoms with Gasteiger partial charge in [-0.05, 0) is 43.7 Å². The van der Waals surface area contributed by atoms with E-state index in [-0.39, 0.29) is 5.78 Å². The number of Topliss-reactive ketones (excluding diaryl/α,β-unsaturated/α-hetero) is 1. The maximum absolute atomic E-state index is 11.6. The van der Waals surface area contributed by atoms with Crippen molar-refractivity contribution >= 4 is 5.78 Å². The third-order valence-electron chi connectivity index (χ3n) is 2.26. The molecule has 0 aliphatic heterocycles. The van der Waals surface area contributed by atoms with Gasteiger partial charge in [0.2, 0.25) is 0 Å². The highest BCUT2D eigenvalue weighted by Gasteiger charge is 2.04. The van der Waals surface area contributed by atoms with Crippen molar-refractivity contribution in [1.29, 1.82) is 0 Å². The lowest BCUT2D eigenvalue weighted by Gasteiger charge is -2.05. The zero-order valence-electron chi connectivity index (χ0n) is 9.74. The van der Waals surface area contributed by atoms with Crippen molar-refractivity contribution in [2.45, 2.75) is 26.2 Å². The number of hydrogen-bond donors (Lipinski definition) is 1. The molecule has 0 unspecified atom stereocenters. The highest BCUT2D eigenvalue weighted by Crippen LogP contribution is 2.14. The van der Waals surface area contributed by atoms with Gasteiger partial charge in [-0.15, -0.1) is 0 Å². The highest BCUT2D eigenvalue weighted by atomic mass is 16.5. The van der Waals surface area contributed by atoms with Crippen LogP contribution >= 0.6 is 0 Å². The number of carbonyl (C=O) groups excluding carboxylic acids is 1.